The minimum Gasteiger partial charge on any atom is -0.374 e. The number of ether oxygens (including phenoxy) is 1. The van der Waals surface area contributed by atoms with Crippen molar-refractivity contribution in [3.63, 3.8) is 0 Å². The van der Waals surface area contributed by atoms with E-state index in [1.54, 1.807) is 0 Å². The number of nitrogens with two attached hydrogens (primary N) is 1. The average Bonchev–Trinajstić information content (AvgIpc) is 1.95. The number of hydrogen-bond acceptors (Lipinski definition) is 2. The lowest BCUT2D eigenvalue weighted by atomic mass is 9.83. The third-order valence-corrected chi connectivity index (χ3v) is 2.74. The van der Waals surface area contributed by atoms with E-state index in [0.29, 0.717) is 6.54 Å². The van der Waals surface area contributed by atoms with Crippen LogP contribution in [0.2, 0.25) is 0 Å². The summed E-state index contributed by atoms with van der Waals surface area (Å²) < 4.78 is 5.66. The average molecular weight is 171 g/mol. The van der Waals surface area contributed by atoms with Crippen LogP contribution in [0, 0.1) is 5.92 Å². The van der Waals surface area contributed by atoms with E-state index in [9.17, 15) is 0 Å². The monoisotopic (exact) mass is 171 g/mol. The zero-order valence-electron chi connectivity index (χ0n) is 8.31. The predicted molar refractivity (Wildman–Crippen MR) is 51.0 cm³/mol. The summed E-state index contributed by atoms with van der Waals surface area (Å²) in [6, 6.07) is 0. The first-order valence-electron chi connectivity index (χ1n) is 4.98. The van der Waals surface area contributed by atoms with Crippen LogP contribution in [0.3, 0.4) is 0 Å². The fourth-order valence-corrected chi connectivity index (χ4v) is 1.34. The van der Waals surface area contributed by atoms with Crippen LogP contribution >= 0.6 is 0 Å². The summed E-state index contributed by atoms with van der Waals surface area (Å²) in [7, 11) is 0. The first-order valence-corrected chi connectivity index (χ1v) is 4.98. The van der Waals surface area contributed by atoms with Gasteiger partial charge in [0, 0.05) is 13.2 Å². The van der Waals surface area contributed by atoms with Gasteiger partial charge in [-0.05, 0) is 26.2 Å². The van der Waals surface area contributed by atoms with E-state index in [0.717, 1.165) is 12.5 Å². The van der Waals surface area contributed by atoms with Gasteiger partial charge in [-0.2, -0.15) is 0 Å². The standard InChI is InChI=1S/C10H21NO/c1-10(2,8-11)12-7-6-9-4-3-5-9/h9H,3-8,11H2,1-2H3. The highest BCUT2D eigenvalue weighted by atomic mass is 16.5. The third-order valence-electron chi connectivity index (χ3n) is 2.74. The summed E-state index contributed by atoms with van der Waals surface area (Å²) in [5.41, 5.74) is 5.42. The molecule has 0 unspecified atom stereocenters. The van der Waals surface area contributed by atoms with Gasteiger partial charge in [0.15, 0.2) is 0 Å². The Morgan fingerprint density at radius 1 is 1.42 bits per heavy atom. The van der Waals surface area contributed by atoms with E-state index < -0.39 is 0 Å². The molecule has 1 saturated carbocycles. The fourth-order valence-electron chi connectivity index (χ4n) is 1.34. The first kappa shape index (κ1) is 10.0. The Morgan fingerprint density at radius 3 is 2.50 bits per heavy atom. The van der Waals surface area contributed by atoms with Crippen molar-refractivity contribution in [2.24, 2.45) is 11.7 Å². The highest BCUT2D eigenvalue weighted by molar-refractivity contribution is 4.72. The van der Waals surface area contributed by atoms with Gasteiger partial charge in [0.05, 0.1) is 5.60 Å². The summed E-state index contributed by atoms with van der Waals surface area (Å²) in [6.45, 7) is 5.59. The van der Waals surface area contributed by atoms with Crippen molar-refractivity contribution in [3.8, 4) is 0 Å². The van der Waals surface area contributed by atoms with Crippen LogP contribution in [-0.4, -0.2) is 18.8 Å². The molecule has 2 N–H and O–H groups in total. The third kappa shape index (κ3) is 3.11. The SMILES string of the molecule is CC(C)(CN)OCCC1CCC1. The van der Waals surface area contributed by atoms with Crippen molar-refractivity contribution in [2.75, 3.05) is 13.2 Å². The quantitative estimate of drug-likeness (QED) is 0.686. The maximum absolute atomic E-state index is 5.66. The minimum atomic E-state index is -0.121. The Labute approximate surface area is 75.5 Å². The van der Waals surface area contributed by atoms with Gasteiger partial charge < -0.3 is 10.5 Å². The fraction of sp³-hybridized carbons (Fsp3) is 1.00. The molecule has 1 rings (SSSR count). The second-order valence-corrected chi connectivity index (χ2v) is 4.40. The largest absolute Gasteiger partial charge is 0.374 e. The Morgan fingerprint density at radius 2 is 2.08 bits per heavy atom. The van der Waals surface area contributed by atoms with Crippen LogP contribution in [0.5, 0.6) is 0 Å². The molecule has 0 bridgehead atoms. The smallest absolute Gasteiger partial charge is 0.0748 e. The summed E-state index contributed by atoms with van der Waals surface area (Å²) in [4.78, 5) is 0. The highest BCUT2D eigenvalue weighted by Gasteiger charge is 2.20. The van der Waals surface area contributed by atoms with Gasteiger partial charge in [-0.3, -0.25) is 0 Å². The molecule has 0 spiro atoms. The number of hydrogen-bond donors (Lipinski definition) is 1. The molecule has 0 atom stereocenters. The van der Waals surface area contributed by atoms with E-state index >= 15 is 0 Å². The molecule has 0 aromatic rings. The van der Waals surface area contributed by atoms with E-state index in [1.165, 1.54) is 25.7 Å². The van der Waals surface area contributed by atoms with Crippen molar-refractivity contribution >= 4 is 0 Å². The molecule has 0 heterocycles. The second-order valence-electron chi connectivity index (χ2n) is 4.40. The molecule has 1 fully saturated rings. The van der Waals surface area contributed by atoms with Crippen LogP contribution in [0.25, 0.3) is 0 Å². The molecule has 72 valence electrons. The molecule has 1 aliphatic rings. The maximum Gasteiger partial charge on any atom is 0.0748 e. The number of rotatable bonds is 5. The first-order chi connectivity index (χ1) is 5.64. The van der Waals surface area contributed by atoms with Crippen LogP contribution in [0.4, 0.5) is 0 Å². The Hall–Kier alpha value is -0.0800. The van der Waals surface area contributed by atoms with Crippen LogP contribution in [-0.2, 0) is 4.74 Å². The van der Waals surface area contributed by atoms with Gasteiger partial charge in [0.2, 0.25) is 0 Å². The zero-order valence-corrected chi connectivity index (χ0v) is 8.31. The Bertz CT molecular complexity index is 130. The molecule has 0 saturated heterocycles. The highest BCUT2D eigenvalue weighted by Crippen LogP contribution is 2.29. The van der Waals surface area contributed by atoms with Crippen molar-refractivity contribution in [2.45, 2.75) is 45.1 Å². The molecule has 0 amide bonds. The molecule has 1 aliphatic carbocycles. The summed E-state index contributed by atoms with van der Waals surface area (Å²) in [6.07, 6.45) is 5.47. The van der Waals surface area contributed by atoms with Gasteiger partial charge in [0.1, 0.15) is 0 Å². The molecule has 2 heteroatoms. The van der Waals surface area contributed by atoms with E-state index in [4.69, 9.17) is 10.5 Å². The van der Waals surface area contributed by atoms with Gasteiger partial charge in [-0.1, -0.05) is 19.3 Å². The van der Waals surface area contributed by atoms with Crippen molar-refractivity contribution in [3.05, 3.63) is 0 Å². The van der Waals surface area contributed by atoms with Gasteiger partial charge in [-0.25, -0.2) is 0 Å². The molecule has 0 aliphatic heterocycles. The molecule has 0 aromatic heterocycles. The van der Waals surface area contributed by atoms with Gasteiger partial charge in [0.25, 0.3) is 0 Å². The minimum absolute atomic E-state index is 0.121. The van der Waals surface area contributed by atoms with E-state index in [-0.39, 0.29) is 5.60 Å². The van der Waals surface area contributed by atoms with Crippen molar-refractivity contribution in [1.82, 2.24) is 0 Å². The summed E-state index contributed by atoms with van der Waals surface area (Å²) in [5.74, 6) is 0.943. The van der Waals surface area contributed by atoms with E-state index in [1.807, 2.05) is 13.8 Å². The molecule has 0 radical (unpaired) electrons. The second kappa shape index (κ2) is 4.24. The topological polar surface area (TPSA) is 35.2 Å². The van der Waals surface area contributed by atoms with Crippen LogP contribution in [0.1, 0.15) is 39.5 Å². The molecular formula is C10H21NO. The van der Waals surface area contributed by atoms with Crippen molar-refractivity contribution in [1.29, 1.82) is 0 Å². The lowest BCUT2D eigenvalue weighted by molar-refractivity contribution is -0.0202. The molecule has 12 heavy (non-hydrogen) atoms. The van der Waals surface area contributed by atoms with E-state index in [2.05, 4.69) is 0 Å². The maximum atomic E-state index is 5.66. The molecular weight excluding hydrogens is 150 g/mol. The predicted octanol–water partition coefficient (Wildman–Crippen LogP) is 1.93. The Balaban J connectivity index is 2.00. The molecule has 0 aromatic carbocycles. The van der Waals surface area contributed by atoms with Gasteiger partial charge in [-0.15, -0.1) is 0 Å². The summed E-state index contributed by atoms with van der Waals surface area (Å²) >= 11 is 0. The van der Waals surface area contributed by atoms with Crippen LogP contribution in [0.15, 0.2) is 0 Å². The van der Waals surface area contributed by atoms with Crippen molar-refractivity contribution < 1.29 is 4.74 Å². The molecule has 2 nitrogen and oxygen atoms in total. The summed E-state index contributed by atoms with van der Waals surface area (Å²) in [5, 5.41) is 0. The van der Waals surface area contributed by atoms with Gasteiger partial charge >= 0.3 is 0 Å². The Kier molecular flexibility index (Phi) is 3.53. The lowest BCUT2D eigenvalue weighted by Gasteiger charge is -2.28. The zero-order chi connectivity index (χ0) is 9.03. The lowest BCUT2D eigenvalue weighted by Crippen LogP contribution is -2.34. The normalized spacial score (nSPS) is 19.2. The van der Waals surface area contributed by atoms with Crippen LogP contribution < -0.4 is 5.73 Å².